The summed E-state index contributed by atoms with van der Waals surface area (Å²) in [5.74, 6) is -6.48. The van der Waals surface area contributed by atoms with Crippen LogP contribution in [-0.2, 0) is 94.4 Å². The molecule has 13 heterocycles. The predicted octanol–water partition coefficient (Wildman–Crippen LogP) is 9.11. The number of fused-ring (bicyclic) bond motifs is 7. The minimum Gasteiger partial charge on any atom is -0.460 e. The molecule has 1 aromatic carbocycles. The van der Waals surface area contributed by atoms with Crippen LogP contribution in [0.2, 0.25) is 0 Å². The number of nitrogens with zero attached hydrogens (tertiary/aromatic N) is 16. The molecule has 2 bridgehead atoms. The highest BCUT2D eigenvalue weighted by molar-refractivity contribution is 6.39. The average Bonchev–Trinajstić information content (AvgIpc) is 1.62. The zero-order valence-electron chi connectivity index (χ0n) is 77.9. The molecule has 6 aromatic heterocycles. The minimum atomic E-state index is -2.45. The number of benzene rings is 1. The number of aliphatic hydroxyl groups excluding tert-OH is 1. The molecule has 133 heavy (non-hydrogen) atoms. The maximum Gasteiger partial charge on any atom is 0.410 e. The van der Waals surface area contributed by atoms with Gasteiger partial charge in [0, 0.05) is 191 Å². The number of carbonyl (C=O) groups is 8. The summed E-state index contributed by atoms with van der Waals surface area (Å²) in [6, 6.07) is 9.12. The second-order valence-corrected chi connectivity index (χ2v) is 37.3. The van der Waals surface area contributed by atoms with Gasteiger partial charge in [-0.05, 0) is 142 Å². The highest BCUT2D eigenvalue weighted by atomic mass is 16.6. The number of piperazine rings is 2. The zero-order valence-corrected chi connectivity index (χ0v) is 77.9. The second kappa shape index (κ2) is 43.9. The Morgan fingerprint density at radius 2 is 1.49 bits per heavy atom. The first kappa shape index (κ1) is 96.4. The van der Waals surface area contributed by atoms with Gasteiger partial charge in [-0.1, -0.05) is 82.4 Å². The van der Waals surface area contributed by atoms with Crippen molar-refractivity contribution in [3.63, 3.8) is 0 Å². The van der Waals surface area contributed by atoms with Crippen molar-refractivity contribution >= 4 is 86.9 Å². The van der Waals surface area contributed by atoms with E-state index in [2.05, 4.69) is 62.8 Å². The van der Waals surface area contributed by atoms with Crippen molar-refractivity contribution in [2.75, 3.05) is 129 Å². The van der Waals surface area contributed by atoms with Gasteiger partial charge in [0.05, 0.1) is 67.7 Å². The molecule has 1 saturated carbocycles. The summed E-state index contributed by atoms with van der Waals surface area (Å²) in [6.45, 7) is 19.7. The van der Waals surface area contributed by atoms with Crippen molar-refractivity contribution in [2.24, 2.45) is 29.6 Å². The molecule has 35 heteroatoms. The monoisotopic (exact) mass is 1830 g/mol. The average molecular weight is 1830 g/mol. The topological polar surface area (TPSA) is 414 Å². The van der Waals surface area contributed by atoms with Gasteiger partial charge in [-0.15, -0.1) is 0 Å². The largest absolute Gasteiger partial charge is 0.460 e. The van der Waals surface area contributed by atoms with Crippen LogP contribution in [0.15, 0.2) is 115 Å². The van der Waals surface area contributed by atoms with Crippen molar-refractivity contribution in [1.29, 1.82) is 0 Å². The summed E-state index contributed by atoms with van der Waals surface area (Å²) in [5, 5.41) is 30.3. The van der Waals surface area contributed by atoms with E-state index in [9.17, 15) is 48.6 Å². The number of nitrogens with one attached hydrogen (secondary N) is 1. The normalized spacial score (nSPS) is 27.2. The number of esters is 1. The van der Waals surface area contributed by atoms with Crippen LogP contribution in [0.25, 0.3) is 33.3 Å². The number of aliphatic hydroxyl groups is 2. The lowest BCUT2D eigenvalue weighted by Crippen LogP contribution is -2.58. The molecule has 0 radical (unpaired) electrons. The van der Waals surface area contributed by atoms with Crippen LogP contribution < -0.4 is 15.5 Å². The van der Waals surface area contributed by atoms with Crippen LogP contribution in [0.3, 0.4) is 0 Å². The van der Waals surface area contributed by atoms with E-state index in [0.29, 0.717) is 195 Å². The van der Waals surface area contributed by atoms with Gasteiger partial charge in [0.2, 0.25) is 23.6 Å². The maximum atomic E-state index is 14.8. The van der Waals surface area contributed by atoms with Crippen molar-refractivity contribution in [1.82, 2.24) is 74.2 Å². The van der Waals surface area contributed by atoms with Crippen LogP contribution in [-0.4, -0.2) is 299 Å². The Labute approximate surface area is 775 Å². The molecule has 4 amide bonds. The lowest BCUT2D eigenvalue weighted by molar-refractivity contribution is -0.245. The fourth-order valence-corrected chi connectivity index (χ4v) is 20.0. The number of rotatable bonds is 19. The third kappa shape index (κ3) is 23.1. The van der Waals surface area contributed by atoms with Gasteiger partial charge in [-0.25, -0.2) is 49.2 Å². The predicted molar refractivity (Wildman–Crippen MR) is 495 cm³/mol. The number of pyridine rings is 1. The van der Waals surface area contributed by atoms with E-state index < -0.39 is 96.1 Å². The molecule has 8 aliphatic rings. The van der Waals surface area contributed by atoms with Gasteiger partial charge in [0.15, 0.2) is 11.4 Å². The molecule has 15 rings (SSSR count). The molecular weight excluding hydrogens is 1700 g/mol. The molecule has 35 nitrogen and oxygen atoms in total. The summed E-state index contributed by atoms with van der Waals surface area (Å²) in [7, 11) is 4.52. The third-order valence-corrected chi connectivity index (χ3v) is 28.0. The summed E-state index contributed by atoms with van der Waals surface area (Å²) >= 11 is 0. The highest BCUT2D eigenvalue weighted by Gasteiger charge is 2.50. The number of piperidine rings is 1. The number of aromatic amines is 1. The van der Waals surface area contributed by atoms with E-state index >= 15 is 0 Å². The molecule has 14 atom stereocenters. The number of aromatic nitrogens is 10. The Balaban J connectivity index is 0.483. The number of methoxy groups -OCH3 is 3. The van der Waals surface area contributed by atoms with Gasteiger partial charge in [0.1, 0.15) is 59.7 Å². The van der Waals surface area contributed by atoms with E-state index in [0.717, 1.165) is 64.2 Å². The number of ketones is 3. The Bertz CT molecular complexity index is 5450. The van der Waals surface area contributed by atoms with Crippen LogP contribution in [0.1, 0.15) is 170 Å². The zero-order chi connectivity index (χ0) is 93.7. The number of Topliss-reactive ketones (excluding diaryl/α,β-unsaturated/α-hetero) is 3. The number of hydrogen-bond donors (Lipinski definition) is 4. The van der Waals surface area contributed by atoms with Crippen molar-refractivity contribution < 1.29 is 81.7 Å². The first-order chi connectivity index (χ1) is 64.2. The van der Waals surface area contributed by atoms with Crippen LogP contribution in [0.5, 0.6) is 0 Å². The van der Waals surface area contributed by atoms with Crippen molar-refractivity contribution in [2.45, 2.75) is 218 Å². The maximum absolute atomic E-state index is 14.8. The smallest absolute Gasteiger partial charge is 0.410 e. The Hall–Kier alpha value is -11.2. The molecule has 5 N–H and O–H groups in total. The quantitative estimate of drug-likeness (QED) is 0.0253. The molecule has 7 aliphatic heterocycles. The summed E-state index contributed by atoms with van der Waals surface area (Å²) < 4.78 is 44.3. The number of anilines is 3. The Morgan fingerprint density at radius 3 is 2.27 bits per heavy atom. The van der Waals surface area contributed by atoms with Gasteiger partial charge < -0.3 is 83.5 Å². The van der Waals surface area contributed by atoms with Crippen molar-refractivity contribution in [3.8, 4) is 11.3 Å². The fraction of sp³-hybridized carbons (Fsp3) is 0.571. The summed E-state index contributed by atoms with van der Waals surface area (Å²) in [4.78, 5) is 162. The summed E-state index contributed by atoms with van der Waals surface area (Å²) in [5.41, 5.74) is 15.9. The molecular formula is C98H128N18O17. The first-order valence-corrected chi connectivity index (χ1v) is 47.2. The van der Waals surface area contributed by atoms with E-state index in [1.54, 1.807) is 63.8 Å². The number of cyclic esters (lactones) is 1. The Kier molecular flexibility index (Phi) is 31.8. The molecule has 5 fully saturated rings. The van der Waals surface area contributed by atoms with Gasteiger partial charge in [-0.3, -0.25) is 33.7 Å². The molecule has 0 spiro atoms. The van der Waals surface area contributed by atoms with Crippen molar-refractivity contribution in [3.05, 3.63) is 149 Å². The number of nitrogens with two attached hydrogens (primary N) is 1. The van der Waals surface area contributed by atoms with Gasteiger partial charge >= 0.3 is 12.1 Å². The number of H-pyrrole nitrogens is 1. The fourth-order valence-electron chi connectivity index (χ4n) is 20.0. The second-order valence-electron chi connectivity index (χ2n) is 37.3. The van der Waals surface area contributed by atoms with Crippen LogP contribution in [0, 0.1) is 29.6 Å². The SMILES string of the molecule is CO[C@H]1C[C@@H]2CCC[C@@](O)(O2)C(=O)C(=O)N2CCCC[C@H]2C(=O)O[C@H]([C@H](C)C[C@@H]2CC[C@@H](OC(=O)N3CCc4nc(N5CCN(C(=O)CCOCCN6CCN(c7ncc(C(=O)N8CCc9cc(Cn%10nc(-c%11cnc%12[nH]ccc%12c%11)c%11c(N)ncnc%11%10)ccc9C8)cn7)CC6)CC5)ncc4C3)[C@H](OC)C2)CC(=O)[C@H](C)/C=C(\C)[C@@H](O)[C@@H](OC)C(=O)[C@H](C)C[C@H](C)/C=C/C=CC=C1C. The molecule has 712 valence electrons. The molecule has 1 aliphatic carbocycles. The molecule has 7 aromatic rings. The lowest BCUT2D eigenvalue weighted by atomic mass is 9.78. The van der Waals surface area contributed by atoms with E-state index in [4.69, 9.17) is 54.0 Å². The number of carbonyl (C=O) groups excluding carboxylic acids is 8. The number of amides is 4. The summed E-state index contributed by atoms with van der Waals surface area (Å²) in [6.07, 6.45) is 20.9. The molecule has 4 saturated heterocycles. The number of allylic oxidation sites excluding steroid dienone is 6. The van der Waals surface area contributed by atoms with Gasteiger partial charge in [0.25, 0.3) is 17.6 Å². The highest BCUT2D eigenvalue weighted by Crippen LogP contribution is 2.39. The first-order valence-electron chi connectivity index (χ1n) is 47.2. The standard InChI is InChI=1S/C98H128N18O17/c1-60-16-11-10-12-17-61(2)79(127-7)50-74-18-15-28-98(126,133-74)88(121)93(123)115-30-14-13-19-76(115)94(124)131-80(51-77(117)62(3)45-65(6)86(120)87(129-9)85(119)64(5)44-60)63(4)46-66-21-23-78(81(48-66)128-8)132-97(125)114-32-26-75-73(58-114)55-104-96(107-75)112-39-37-110(38-40-112)82(118)27-42-130-43-41-109-33-35-111(36-34-109)95-102-53-72(54-103-95)92(122)113-31-25-68-47-67(20-22-70(68)57-113)56-116-91-83(89(99)105-59-106-91)84(108-116)71-49-69-24-29-100-90(69)101-52-71/h10-12,16-17,20,22,24,29,45,47,49,52-55,59-60,62-64,66,74,76,78-81,86-87,120,126H,13-15,18-19,21,23,25-28,30-44,46,48,50-51,56-58H2,1-9H3,(H,100,101)(H2,99,105,106)/b12-10?,16-11+,61-17?,65-45+/t60-,62-,63-,64-,66+,74+,76+,78-,79+,80+,81-,86-,87+,98-/m1/s1. The molecule has 0 unspecified atom stereocenters. The van der Waals surface area contributed by atoms with Crippen LogP contribution >= 0.6 is 0 Å². The number of hydrogen-bond acceptors (Lipinski definition) is 29. The van der Waals surface area contributed by atoms with E-state index in [1.165, 1.54) is 23.9 Å². The third-order valence-electron chi connectivity index (χ3n) is 28.0. The minimum absolute atomic E-state index is 0.0208. The Morgan fingerprint density at radius 1 is 0.722 bits per heavy atom. The number of ether oxygens (including phenoxy) is 7. The van der Waals surface area contributed by atoms with E-state index in [1.807, 2.05) is 90.9 Å². The van der Waals surface area contributed by atoms with E-state index in [-0.39, 0.29) is 80.4 Å². The number of nitrogen functional groups attached to an aromatic ring is 1. The van der Waals surface area contributed by atoms with Gasteiger partial charge in [-0.2, -0.15) is 5.10 Å². The lowest BCUT2D eigenvalue weighted by Gasteiger charge is -2.40. The van der Waals surface area contributed by atoms with Crippen LogP contribution in [0.4, 0.5) is 22.5 Å².